The van der Waals surface area contributed by atoms with Gasteiger partial charge in [0.15, 0.2) is 0 Å². The Morgan fingerprint density at radius 2 is 2.28 bits per heavy atom. The molecule has 4 nitrogen and oxygen atoms in total. The van der Waals surface area contributed by atoms with Crippen molar-refractivity contribution >= 4 is 21.8 Å². The number of nitrogens with two attached hydrogens (primary N) is 1. The normalized spacial score (nSPS) is 12.0. The van der Waals surface area contributed by atoms with E-state index in [2.05, 4.69) is 21.2 Å². The van der Waals surface area contributed by atoms with E-state index in [1.54, 1.807) is 7.05 Å². The highest BCUT2D eigenvalue weighted by Crippen LogP contribution is 2.27. The van der Waals surface area contributed by atoms with Crippen LogP contribution in [0.15, 0.2) is 22.7 Å². The van der Waals surface area contributed by atoms with Crippen molar-refractivity contribution in [3.63, 3.8) is 0 Å². The largest absolute Gasteiger partial charge is 0.493 e. The van der Waals surface area contributed by atoms with Gasteiger partial charge in [0.2, 0.25) is 5.91 Å². The molecule has 0 heterocycles. The van der Waals surface area contributed by atoms with Crippen molar-refractivity contribution in [1.82, 2.24) is 5.32 Å². The fraction of sp³-hybridized carbons (Fsp3) is 0.462. The minimum Gasteiger partial charge on any atom is -0.493 e. The fourth-order valence-corrected chi connectivity index (χ4v) is 1.89. The van der Waals surface area contributed by atoms with E-state index in [9.17, 15) is 4.79 Å². The second-order valence-electron chi connectivity index (χ2n) is 4.10. The zero-order valence-electron chi connectivity index (χ0n) is 10.7. The van der Waals surface area contributed by atoms with Gasteiger partial charge in [-0.25, -0.2) is 0 Å². The lowest BCUT2D eigenvalue weighted by atomic mass is 10.1. The zero-order valence-corrected chi connectivity index (χ0v) is 12.3. The molecular weight excluding hydrogens is 296 g/mol. The van der Waals surface area contributed by atoms with Gasteiger partial charge in [-0.15, -0.1) is 0 Å². The summed E-state index contributed by atoms with van der Waals surface area (Å²) in [5, 5.41) is 2.58. The van der Waals surface area contributed by atoms with Crippen LogP contribution in [-0.4, -0.2) is 19.6 Å². The second kappa shape index (κ2) is 7.38. The van der Waals surface area contributed by atoms with Gasteiger partial charge in [0, 0.05) is 29.5 Å². The van der Waals surface area contributed by atoms with E-state index in [0.29, 0.717) is 19.4 Å². The monoisotopic (exact) mass is 314 g/mol. The van der Waals surface area contributed by atoms with Crippen molar-refractivity contribution in [3.8, 4) is 5.75 Å². The number of rotatable bonds is 6. The molecule has 0 aliphatic rings. The lowest BCUT2D eigenvalue weighted by molar-refractivity contribution is -0.120. The summed E-state index contributed by atoms with van der Waals surface area (Å²) in [6.45, 7) is 2.42. The van der Waals surface area contributed by atoms with Crippen LogP contribution in [0.1, 0.15) is 31.4 Å². The Hall–Kier alpha value is -1.07. The molecule has 5 heteroatoms. The van der Waals surface area contributed by atoms with Crippen molar-refractivity contribution in [3.05, 3.63) is 28.2 Å². The van der Waals surface area contributed by atoms with Crippen molar-refractivity contribution < 1.29 is 9.53 Å². The Bertz CT molecular complexity index is 408. The van der Waals surface area contributed by atoms with Gasteiger partial charge >= 0.3 is 0 Å². The Kier molecular flexibility index (Phi) is 6.15. The van der Waals surface area contributed by atoms with E-state index in [1.807, 2.05) is 25.1 Å². The molecule has 0 aromatic heterocycles. The maximum absolute atomic E-state index is 11.1. The van der Waals surface area contributed by atoms with Crippen LogP contribution in [0.4, 0.5) is 0 Å². The van der Waals surface area contributed by atoms with Gasteiger partial charge in [0.1, 0.15) is 5.75 Å². The molecule has 0 radical (unpaired) electrons. The minimum atomic E-state index is -0.0768. The maximum Gasteiger partial charge on any atom is 0.219 e. The zero-order chi connectivity index (χ0) is 13.5. The van der Waals surface area contributed by atoms with Gasteiger partial charge in [0.05, 0.1) is 6.61 Å². The summed E-state index contributed by atoms with van der Waals surface area (Å²) in [6, 6.07) is 5.71. The van der Waals surface area contributed by atoms with E-state index in [4.69, 9.17) is 10.5 Å². The quantitative estimate of drug-likeness (QED) is 0.792. The Labute approximate surface area is 116 Å². The first kappa shape index (κ1) is 15.0. The molecule has 3 N–H and O–H groups in total. The Morgan fingerprint density at radius 1 is 1.56 bits per heavy atom. The molecule has 100 valence electrons. The van der Waals surface area contributed by atoms with Gasteiger partial charge < -0.3 is 15.8 Å². The number of benzene rings is 1. The molecule has 0 saturated carbocycles. The van der Waals surface area contributed by atoms with E-state index < -0.39 is 0 Å². The fourth-order valence-electron chi connectivity index (χ4n) is 1.55. The molecule has 1 rings (SSSR count). The Morgan fingerprint density at radius 3 is 2.89 bits per heavy atom. The van der Waals surface area contributed by atoms with Gasteiger partial charge in [-0.3, -0.25) is 4.79 Å². The highest BCUT2D eigenvalue weighted by Gasteiger charge is 2.08. The van der Waals surface area contributed by atoms with Gasteiger partial charge in [-0.05, 0) is 25.5 Å². The number of nitrogens with one attached hydrogen (secondary N) is 1. The summed E-state index contributed by atoms with van der Waals surface area (Å²) in [5.74, 6) is 0.802. The van der Waals surface area contributed by atoms with Crippen molar-refractivity contribution in [2.75, 3.05) is 13.7 Å². The lowest BCUT2D eigenvalue weighted by Gasteiger charge is -2.14. The van der Waals surface area contributed by atoms with Crippen molar-refractivity contribution in [1.29, 1.82) is 0 Å². The Balaban J connectivity index is 2.55. The average Bonchev–Trinajstić information content (AvgIpc) is 2.34. The van der Waals surface area contributed by atoms with E-state index in [1.165, 1.54) is 0 Å². The maximum atomic E-state index is 11.1. The molecule has 18 heavy (non-hydrogen) atoms. The summed E-state index contributed by atoms with van der Waals surface area (Å²) in [6.07, 6.45) is 1.16. The lowest BCUT2D eigenvalue weighted by Crippen LogP contribution is -2.18. The van der Waals surface area contributed by atoms with Gasteiger partial charge in [0.25, 0.3) is 0 Å². The molecule has 0 fully saturated rings. The minimum absolute atomic E-state index is 0.0280. The summed E-state index contributed by atoms with van der Waals surface area (Å²) in [4.78, 5) is 11.1. The predicted molar refractivity (Wildman–Crippen MR) is 75.5 cm³/mol. The first-order chi connectivity index (χ1) is 8.54. The first-order valence-corrected chi connectivity index (χ1v) is 6.72. The summed E-state index contributed by atoms with van der Waals surface area (Å²) >= 11 is 3.40. The smallest absolute Gasteiger partial charge is 0.219 e. The van der Waals surface area contributed by atoms with Crippen molar-refractivity contribution in [2.45, 2.75) is 25.8 Å². The van der Waals surface area contributed by atoms with Crippen LogP contribution < -0.4 is 15.8 Å². The topological polar surface area (TPSA) is 64.3 Å². The number of hydrogen-bond acceptors (Lipinski definition) is 3. The van der Waals surface area contributed by atoms with Crippen LogP contribution in [0.2, 0.25) is 0 Å². The first-order valence-electron chi connectivity index (χ1n) is 5.93. The number of amides is 1. The summed E-state index contributed by atoms with van der Waals surface area (Å²) in [7, 11) is 1.63. The molecular formula is C13H19BrN2O2. The van der Waals surface area contributed by atoms with E-state index >= 15 is 0 Å². The highest BCUT2D eigenvalue weighted by atomic mass is 79.9. The van der Waals surface area contributed by atoms with Crippen LogP contribution >= 0.6 is 15.9 Å². The highest BCUT2D eigenvalue weighted by molar-refractivity contribution is 9.10. The van der Waals surface area contributed by atoms with Crippen LogP contribution in [-0.2, 0) is 4.79 Å². The average molecular weight is 315 g/mol. The summed E-state index contributed by atoms with van der Waals surface area (Å²) in [5.41, 5.74) is 6.85. The van der Waals surface area contributed by atoms with Gasteiger partial charge in [-0.2, -0.15) is 0 Å². The second-order valence-corrected chi connectivity index (χ2v) is 5.01. The predicted octanol–water partition coefficient (Wildman–Crippen LogP) is 2.37. The standard InChI is InChI=1S/C13H19BrN2O2/c1-9(15)11-6-5-10(14)8-12(11)18-7-3-4-13(17)16-2/h5-6,8-9H,3-4,7,15H2,1-2H3,(H,16,17)/t9-/m1/s1. The summed E-state index contributed by atoms with van der Waals surface area (Å²) < 4.78 is 6.64. The number of hydrogen-bond donors (Lipinski definition) is 2. The third-order valence-electron chi connectivity index (χ3n) is 2.55. The molecule has 1 amide bonds. The van der Waals surface area contributed by atoms with Crippen LogP contribution in [0.25, 0.3) is 0 Å². The third kappa shape index (κ3) is 4.66. The molecule has 0 aliphatic carbocycles. The number of ether oxygens (including phenoxy) is 1. The molecule has 0 bridgehead atoms. The molecule has 0 aliphatic heterocycles. The van der Waals surface area contributed by atoms with Crippen molar-refractivity contribution in [2.24, 2.45) is 5.73 Å². The van der Waals surface area contributed by atoms with E-state index in [-0.39, 0.29) is 11.9 Å². The number of carbonyl (C=O) groups excluding carboxylic acids is 1. The molecule has 0 spiro atoms. The SMILES string of the molecule is CNC(=O)CCCOc1cc(Br)ccc1[C@@H](C)N. The van der Waals surface area contributed by atoms with Crippen LogP contribution in [0, 0.1) is 0 Å². The molecule has 1 atom stereocenters. The van der Waals surface area contributed by atoms with Gasteiger partial charge in [-0.1, -0.05) is 22.0 Å². The van der Waals surface area contributed by atoms with Crippen LogP contribution in [0.5, 0.6) is 5.75 Å². The third-order valence-corrected chi connectivity index (χ3v) is 3.04. The molecule has 1 aromatic carbocycles. The number of halogens is 1. The number of carbonyl (C=O) groups is 1. The molecule has 1 aromatic rings. The van der Waals surface area contributed by atoms with Crippen LogP contribution in [0.3, 0.4) is 0 Å². The molecule has 0 saturated heterocycles. The van der Waals surface area contributed by atoms with E-state index in [0.717, 1.165) is 15.8 Å². The molecule has 0 unspecified atom stereocenters.